The quantitative estimate of drug-likeness (QED) is 0.316. The van der Waals surface area contributed by atoms with Crippen molar-refractivity contribution in [3.63, 3.8) is 0 Å². The number of hydrogen-bond donors (Lipinski definition) is 1. The molecule has 3 aromatic rings. The van der Waals surface area contributed by atoms with E-state index in [1.54, 1.807) is 12.1 Å². The molecule has 0 bridgehead atoms. The van der Waals surface area contributed by atoms with E-state index < -0.39 is 27.7 Å². The normalized spacial score (nSPS) is 19.6. The van der Waals surface area contributed by atoms with Crippen LogP contribution in [0.5, 0.6) is 0 Å². The van der Waals surface area contributed by atoms with Gasteiger partial charge in [0.05, 0.1) is 9.85 Å². The minimum absolute atomic E-state index is 0.0347. The molecule has 38 heavy (non-hydrogen) atoms. The Morgan fingerprint density at radius 2 is 1.53 bits per heavy atom. The Balaban J connectivity index is 1.79. The average molecular weight is 508 g/mol. The van der Waals surface area contributed by atoms with Gasteiger partial charge >= 0.3 is 0 Å². The smallest absolute Gasteiger partial charge is 0.269 e. The summed E-state index contributed by atoms with van der Waals surface area (Å²) in [5, 5.41) is 46.8. The summed E-state index contributed by atoms with van der Waals surface area (Å²) in [6, 6.07) is 18.6. The summed E-state index contributed by atoms with van der Waals surface area (Å²) >= 11 is 0. The van der Waals surface area contributed by atoms with Crippen molar-refractivity contribution in [2.75, 3.05) is 0 Å². The number of rotatable bonds is 4. The van der Waals surface area contributed by atoms with Gasteiger partial charge in [-0.2, -0.15) is 9.84 Å². The molecule has 2 N–H and O–H groups in total. The summed E-state index contributed by atoms with van der Waals surface area (Å²) in [4.78, 5) is 39.0. The molecule has 2 aliphatic rings. The second kappa shape index (κ2) is 8.84. The molecule has 0 saturated heterocycles. The van der Waals surface area contributed by atoms with Crippen LogP contribution in [0.3, 0.4) is 0 Å². The molecule has 1 atom stereocenters. The van der Waals surface area contributed by atoms with Gasteiger partial charge in [0.25, 0.3) is 11.4 Å². The van der Waals surface area contributed by atoms with Crippen molar-refractivity contribution in [3.8, 4) is 6.07 Å². The zero-order valence-corrected chi connectivity index (χ0v) is 19.4. The fourth-order valence-electron chi connectivity index (χ4n) is 4.68. The number of Topliss-reactive ketones (excluding diaryl/α,β-unsaturated/α-hetero) is 1. The van der Waals surface area contributed by atoms with Crippen LogP contribution in [0, 0.1) is 31.6 Å². The van der Waals surface area contributed by atoms with E-state index in [0.29, 0.717) is 0 Å². The summed E-state index contributed by atoms with van der Waals surface area (Å²) in [5.74, 6) is -0.835. The van der Waals surface area contributed by atoms with Crippen molar-refractivity contribution in [1.82, 2.24) is 0 Å². The molecule has 0 radical (unpaired) electrons. The summed E-state index contributed by atoms with van der Waals surface area (Å²) < 4.78 is 1.30. The first kappa shape index (κ1) is 24.2. The van der Waals surface area contributed by atoms with E-state index in [9.17, 15) is 35.4 Å². The topological polar surface area (TPSA) is 192 Å². The van der Waals surface area contributed by atoms with E-state index in [1.807, 2.05) is 6.07 Å². The summed E-state index contributed by atoms with van der Waals surface area (Å²) in [7, 11) is 0. The Bertz CT molecular complexity index is 1680. The van der Waals surface area contributed by atoms with E-state index in [-0.39, 0.29) is 56.7 Å². The number of hydrogen-bond acceptors (Lipinski definition) is 9. The molecule has 3 aromatic carbocycles. The zero-order valence-electron chi connectivity index (χ0n) is 19.4. The molecule has 12 heteroatoms. The SMILES string of the molecule is N#CC1=C2C(=O)c3ccccc3C2([O-])CC(=Nc2ccc([N+](=O)[O-])cc2)[N+](c2ccc([N+](=O)[O-])cc2)=C1N. The third kappa shape index (κ3) is 3.71. The lowest BCUT2D eigenvalue weighted by Gasteiger charge is -2.36. The van der Waals surface area contributed by atoms with E-state index >= 15 is 0 Å². The van der Waals surface area contributed by atoms with Crippen LogP contribution in [0.15, 0.2) is 88.9 Å². The van der Waals surface area contributed by atoms with Crippen LogP contribution in [-0.2, 0) is 5.60 Å². The molecular weight excluding hydrogens is 492 g/mol. The molecule has 0 aromatic heterocycles. The molecule has 0 saturated carbocycles. The van der Waals surface area contributed by atoms with E-state index in [2.05, 4.69) is 4.99 Å². The summed E-state index contributed by atoms with van der Waals surface area (Å²) in [6.07, 6.45) is -0.412. The fourth-order valence-corrected chi connectivity index (χ4v) is 4.68. The van der Waals surface area contributed by atoms with Crippen molar-refractivity contribution < 1.29 is 24.3 Å². The highest BCUT2D eigenvalue weighted by molar-refractivity contribution is 6.21. The van der Waals surface area contributed by atoms with Gasteiger partial charge in [0.15, 0.2) is 5.78 Å². The zero-order chi connectivity index (χ0) is 27.2. The van der Waals surface area contributed by atoms with Crippen LogP contribution in [0.25, 0.3) is 0 Å². The van der Waals surface area contributed by atoms with Gasteiger partial charge in [-0.1, -0.05) is 24.3 Å². The van der Waals surface area contributed by atoms with Gasteiger partial charge in [0, 0.05) is 41.8 Å². The Morgan fingerprint density at radius 1 is 0.947 bits per heavy atom. The van der Waals surface area contributed by atoms with Crippen LogP contribution in [0.2, 0.25) is 0 Å². The molecule has 1 aliphatic carbocycles. The first-order valence-corrected chi connectivity index (χ1v) is 11.1. The minimum Gasteiger partial charge on any atom is -0.842 e. The summed E-state index contributed by atoms with van der Waals surface area (Å²) in [5.41, 5.74) is 4.08. The number of nitro benzene ring substituents is 2. The number of carbonyl (C=O) groups is 1. The van der Waals surface area contributed by atoms with Gasteiger partial charge in [-0.15, -0.1) is 4.99 Å². The highest BCUT2D eigenvalue weighted by Gasteiger charge is 2.47. The van der Waals surface area contributed by atoms with E-state index in [0.717, 1.165) is 0 Å². The van der Waals surface area contributed by atoms with Gasteiger partial charge in [-0.05, 0) is 35.4 Å². The molecule has 0 amide bonds. The number of benzene rings is 3. The van der Waals surface area contributed by atoms with Crippen LogP contribution in [0.4, 0.5) is 22.7 Å². The summed E-state index contributed by atoms with van der Waals surface area (Å²) in [6.45, 7) is 0. The maximum absolute atomic E-state index is 14.5. The molecule has 12 nitrogen and oxygen atoms in total. The third-order valence-electron chi connectivity index (χ3n) is 6.40. The third-order valence-corrected chi connectivity index (χ3v) is 6.40. The maximum Gasteiger partial charge on any atom is 0.269 e. The number of nitrogens with two attached hydrogens (primary N) is 1. The number of aliphatic imine (C=N–C) groups is 1. The van der Waals surface area contributed by atoms with Gasteiger partial charge in [0.1, 0.15) is 23.0 Å². The average Bonchev–Trinajstić information content (AvgIpc) is 3.06. The molecule has 186 valence electrons. The number of nitriles is 1. The van der Waals surface area contributed by atoms with Gasteiger partial charge in [0.2, 0.25) is 11.7 Å². The van der Waals surface area contributed by atoms with Crippen LogP contribution < -0.4 is 10.8 Å². The number of ketones is 1. The molecule has 5 rings (SSSR count). The monoisotopic (exact) mass is 508 g/mol. The van der Waals surface area contributed by atoms with E-state index in [4.69, 9.17) is 5.73 Å². The van der Waals surface area contributed by atoms with Crippen molar-refractivity contribution >= 4 is 40.2 Å². The van der Waals surface area contributed by atoms with Crippen molar-refractivity contribution in [2.45, 2.75) is 12.0 Å². The van der Waals surface area contributed by atoms with Crippen LogP contribution in [-0.4, -0.2) is 31.9 Å². The Kier molecular flexibility index (Phi) is 5.62. The minimum atomic E-state index is -2.21. The number of fused-ring (bicyclic) bond motifs is 3. The standard InChI is InChI=1S/C26H15N6O6/c27-14-20-23-24(33)19-3-1-2-4-21(19)26(23,34)13-22(29-15-5-7-17(8-6-15)31(35)36)30(25(20)28)16-9-11-18(12-10-16)32(37)38/h1-12,28H,13H2/q-1/p+1. The van der Waals surface area contributed by atoms with Gasteiger partial charge in [-0.25, -0.2) is 0 Å². The molecule has 1 heterocycles. The molecule has 0 fully saturated rings. The number of nitro groups is 2. The predicted molar refractivity (Wildman–Crippen MR) is 132 cm³/mol. The lowest BCUT2D eigenvalue weighted by atomic mass is 9.86. The van der Waals surface area contributed by atoms with Gasteiger partial charge < -0.3 is 10.8 Å². The van der Waals surface area contributed by atoms with Crippen molar-refractivity contribution in [3.05, 3.63) is 115 Å². The molecular formula is C26H16N6O6. The highest BCUT2D eigenvalue weighted by Crippen LogP contribution is 2.45. The van der Waals surface area contributed by atoms with Crippen molar-refractivity contribution in [1.29, 1.82) is 5.26 Å². The largest absolute Gasteiger partial charge is 0.842 e. The fraction of sp³-hybridized carbons (Fsp3) is 0.0769. The van der Waals surface area contributed by atoms with Crippen LogP contribution >= 0.6 is 0 Å². The van der Waals surface area contributed by atoms with Gasteiger partial charge in [-0.3, -0.25) is 25.0 Å². The molecule has 1 unspecified atom stereocenters. The number of carbonyl (C=O) groups excluding carboxylic acids is 1. The lowest BCUT2D eigenvalue weighted by molar-refractivity contribution is -0.470. The van der Waals surface area contributed by atoms with Crippen LogP contribution in [0.1, 0.15) is 22.3 Å². The number of nitrogens with zero attached hydrogens (tertiary/aromatic N) is 5. The van der Waals surface area contributed by atoms with Crippen molar-refractivity contribution in [2.24, 2.45) is 10.7 Å². The number of amidine groups is 2. The first-order valence-electron chi connectivity index (χ1n) is 11.1. The maximum atomic E-state index is 14.5. The lowest BCUT2D eigenvalue weighted by Crippen LogP contribution is -2.43. The number of non-ortho nitro benzene ring substituents is 2. The second-order valence-corrected chi connectivity index (χ2v) is 8.54. The highest BCUT2D eigenvalue weighted by atomic mass is 16.6. The molecule has 0 spiro atoms. The predicted octanol–water partition coefficient (Wildman–Crippen LogP) is 2.91. The Morgan fingerprint density at radius 3 is 2.11 bits per heavy atom. The Hall–Kier alpha value is -5.54. The first-order chi connectivity index (χ1) is 18.2. The van der Waals surface area contributed by atoms with E-state index in [1.165, 1.54) is 65.2 Å². The second-order valence-electron chi connectivity index (χ2n) is 8.54. The molecule has 1 aliphatic heterocycles. The Labute approximate surface area is 214 Å².